The van der Waals surface area contributed by atoms with Gasteiger partial charge in [0.15, 0.2) is 5.75 Å². The number of benzene rings is 3. The molecule has 0 atom stereocenters. The lowest BCUT2D eigenvalue weighted by Gasteiger charge is -2.24. The van der Waals surface area contributed by atoms with Crippen molar-refractivity contribution < 1.29 is 17.9 Å². The molecule has 3 aromatic rings. The second kappa shape index (κ2) is 9.95. The van der Waals surface area contributed by atoms with E-state index in [1.807, 2.05) is 42.5 Å². The predicted molar refractivity (Wildman–Crippen MR) is 132 cm³/mol. The molecule has 0 aromatic heterocycles. The zero-order valence-electron chi connectivity index (χ0n) is 18.5. The third kappa shape index (κ3) is 5.84. The third-order valence-corrected chi connectivity index (χ3v) is 6.54. The summed E-state index contributed by atoms with van der Waals surface area (Å²) in [4.78, 5) is 15.1. The van der Waals surface area contributed by atoms with Crippen LogP contribution in [0.2, 0.25) is 0 Å². The van der Waals surface area contributed by atoms with Gasteiger partial charge in [0, 0.05) is 24.5 Å². The Balaban J connectivity index is 1.50. The van der Waals surface area contributed by atoms with Crippen molar-refractivity contribution >= 4 is 33.0 Å². The van der Waals surface area contributed by atoms with Gasteiger partial charge in [0.25, 0.3) is 0 Å². The van der Waals surface area contributed by atoms with Gasteiger partial charge in [-0.1, -0.05) is 30.3 Å². The molecule has 0 radical (unpaired) electrons. The molecule has 1 amide bonds. The van der Waals surface area contributed by atoms with Crippen molar-refractivity contribution in [2.45, 2.75) is 12.8 Å². The molecule has 3 aromatic carbocycles. The van der Waals surface area contributed by atoms with E-state index in [0.29, 0.717) is 22.9 Å². The van der Waals surface area contributed by atoms with Crippen LogP contribution in [0.15, 0.2) is 78.9 Å². The van der Waals surface area contributed by atoms with E-state index < -0.39 is 15.9 Å². The fraction of sp³-hybridized carbons (Fsp3) is 0.240. The van der Waals surface area contributed by atoms with Crippen LogP contribution in [0, 0.1) is 0 Å². The third-order valence-electron chi connectivity index (χ3n) is 5.41. The maximum atomic E-state index is 12.8. The van der Waals surface area contributed by atoms with Gasteiger partial charge in [-0.2, -0.15) is 0 Å². The van der Waals surface area contributed by atoms with Crippen LogP contribution in [-0.2, 0) is 14.8 Å². The zero-order valence-corrected chi connectivity index (χ0v) is 19.3. The number of hydrogen-bond acceptors (Lipinski definition) is 5. The van der Waals surface area contributed by atoms with E-state index in [1.165, 1.54) is 12.8 Å². The molecule has 1 saturated heterocycles. The predicted octanol–water partition coefficient (Wildman–Crippen LogP) is 4.48. The van der Waals surface area contributed by atoms with Gasteiger partial charge in [-0.3, -0.25) is 9.10 Å². The molecule has 7 nitrogen and oxygen atoms in total. The molecule has 8 heteroatoms. The highest BCUT2D eigenvalue weighted by Gasteiger charge is 2.24. The summed E-state index contributed by atoms with van der Waals surface area (Å²) >= 11 is 0. The summed E-state index contributed by atoms with van der Waals surface area (Å²) in [5.41, 5.74) is 2.03. The van der Waals surface area contributed by atoms with Crippen LogP contribution < -0.4 is 19.3 Å². The zero-order chi connectivity index (χ0) is 23.3. The van der Waals surface area contributed by atoms with Crippen LogP contribution in [0.3, 0.4) is 0 Å². The minimum atomic E-state index is -3.75. The van der Waals surface area contributed by atoms with Gasteiger partial charge in [0.1, 0.15) is 12.3 Å². The van der Waals surface area contributed by atoms with Crippen molar-refractivity contribution in [2.24, 2.45) is 0 Å². The van der Waals surface area contributed by atoms with E-state index in [0.717, 1.165) is 29.3 Å². The number of rotatable bonds is 8. The van der Waals surface area contributed by atoms with E-state index in [1.54, 1.807) is 36.4 Å². The first-order valence-corrected chi connectivity index (χ1v) is 12.7. The number of para-hydroxylation sites is 3. The van der Waals surface area contributed by atoms with Crippen LogP contribution in [-0.4, -0.2) is 40.2 Å². The molecule has 1 heterocycles. The van der Waals surface area contributed by atoms with Crippen molar-refractivity contribution in [1.82, 2.24) is 0 Å². The van der Waals surface area contributed by atoms with Crippen LogP contribution >= 0.6 is 0 Å². The van der Waals surface area contributed by atoms with Crippen molar-refractivity contribution in [3.63, 3.8) is 0 Å². The second-order valence-electron chi connectivity index (χ2n) is 7.94. The molecule has 0 aliphatic carbocycles. The standard InChI is InChI=1S/C25H27N3O4S/c1-33(30,31)28(23-11-5-6-12-24(23)32-22-9-3-2-4-10-22)19-25(29)26-20-13-15-21(16-14-20)27-17-7-8-18-27/h2-6,9-16H,7-8,17-19H2,1H3,(H,26,29). The van der Waals surface area contributed by atoms with E-state index >= 15 is 0 Å². The van der Waals surface area contributed by atoms with E-state index in [-0.39, 0.29) is 6.54 Å². The maximum Gasteiger partial charge on any atom is 0.245 e. The van der Waals surface area contributed by atoms with Crippen molar-refractivity contribution in [3.8, 4) is 11.5 Å². The first-order valence-electron chi connectivity index (χ1n) is 10.8. The highest BCUT2D eigenvalue weighted by molar-refractivity contribution is 7.92. The summed E-state index contributed by atoms with van der Waals surface area (Å²) in [5, 5.41) is 2.80. The number of nitrogens with one attached hydrogen (secondary N) is 1. The number of nitrogens with zero attached hydrogens (tertiary/aromatic N) is 2. The molecular formula is C25H27N3O4S. The lowest BCUT2D eigenvalue weighted by molar-refractivity contribution is -0.114. The fourth-order valence-electron chi connectivity index (χ4n) is 3.81. The Morgan fingerprint density at radius 1 is 0.939 bits per heavy atom. The van der Waals surface area contributed by atoms with Gasteiger partial charge in [-0.05, 0) is 61.4 Å². The Morgan fingerprint density at radius 2 is 1.58 bits per heavy atom. The number of hydrogen-bond donors (Lipinski definition) is 1. The second-order valence-corrected chi connectivity index (χ2v) is 9.85. The van der Waals surface area contributed by atoms with E-state index in [9.17, 15) is 13.2 Å². The minimum absolute atomic E-state index is 0.295. The molecule has 1 N–H and O–H groups in total. The number of amides is 1. The molecule has 33 heavy (non-hydrogen) atoms. The Kier molecular flexibility index (Phi) is 6.84. The van der Waals surface area contributed by atoms with Gasteiger partial charge in [-0.15, -0.1) is 0 Å². The topological polar surface area (TPSA) is 79.0 Å². The number of carbonyl (C=O) groups is 1. The highest BCUT2D eigenvalue weighted by Crippen LogP contribution is 2.33. The van der Waals surface area contributed by atoms with Crippen molar-refractivity contribution in [2.75, 3.05) is 40.4 Å². The number of carbonyl (C=O) groups excluding carboxylic acids is 1. The van der Waals surface area contributed by atoms with Gasteiger partial charge in [0.05, 0.1) is 11.9 Å². The van der Waals surface area contributed by atoms with Crippen molar-refractivity contribution in [1.29, 1.82) is 0 Å². The Bertz CT molecular complexity index is 1190. The van der Waals surface area contributed by atoms with Crippen LogP contribution in [0.5, 0.6) is 11.5 Å². The SMILES string of the molecule is CS(=O)(=O)N(CC(=O)Nc1ccc(N2CCCC2)cc1)c1ccccc1Oc1ccccc1. The van der Waals surface area contributed by atoms with E-state index in [2.05, 4.69) is 10.2 Å². The van der Waals surface area contributed by atoms with E-state index in [4.69, 9.17) is 4.74 Å². The average molecular weight is 466 g/mol. The molecule has 1 aliphatic rings. The van der Waals surface area contributed by atoms with Gasteiger partial charge in [0.2, 0.25) is 15.9 Å². The fourth-order valence-corrected chi connectivity index (χ4v) is 4.67. The lowest BCUT2D eigenvalue weighted by Crippen LogP contribution is -2.37. The molecule has 0 spiro atoms. The Hall–Kier alpha value is -3.52. The maximum absolute atomic E-state index is 12.8. The minimum Gasteiger partial charge on any atom is -0.455 e. The monoisotopic (exact) mass is 465 g/mol. The number of ether oxygens (including phenoxy) is 1. The molecule has 0 unspecified atom stereocenters. The molecule has 172 valence electrons. The Labute approximate surface area is 194 Å². The van der Waals surface area contributed by atoms with Crippen LogP contribution in [0.25, 0.3) is 0 Å². The summed E-state index contributed by atoms with van der Waals surface area (Å²) < 4.78 is 32.2. The number of sulfonamides is 1. The molecular weight excluding hydrogens is 438 g/mol. The van der Waals surface area contributed by atoms with Crippen LogP contribution in [0.1, 0.15) is 12.8 Å². The molecule has 1 aliphatic heterocycles. The quantitative estimate of drug-likeness (QED) is 0.531. The molecule has 0 saturated carbocycles. The molecule has 0 bridgehead atoms. The molecule has 1 fully saturated rings. The summed E-state index contributed by atoms with van der Waals surface area (Å²) in [6.07, 6.45) is 3.45. The summed E-state index contributed by atoms with van der Waals surface area (Å²) in [5.74, 6) is 0.474. The first kappa shape index (κ1) is 22.7. The summed E-state index contributed by atoms with van der Waals surface area (Å²) in [7, 11) is -3.75. The average Bonchev–Trinajstić information content (AvgIpc) is 3.34. The van der Waals surface area contributed by atoms with Crippen molar-refractivity contribution in [3.05, 3.63) is 78.9 Å². The smallest absolute Gasteiger partial charge is 0.245 e. The summed E-state index contributed by atoms with van der Waals surface area (Å²) in [6, 6.07) is 23.5. The Morgan fingerprint density at radius 3 is 2.24 bits per heavy atom. The first-order chi connectivity index (χ1) is 15.9. The largest absolute Gasteiger partial charge is 0.455 e. The van der Waals surface area contributed by atoms with Gasteiger partial charge < -0.3 is 15.0 Å². The molecule has 4 rings (SSSR count). The highest BCUT2D eigenvalue weighted by atomic mass is 32.2. The number of anilines is 3. The summed E-state index contributed by atoms with van der Waals surface area (Å²) in [6.45, 7) is 1.71. The van der Waals surface area contributed by atoms with Crippen LogP contribution in [0.4, 0.5) is 17.1 Å². The lowest BCUT2D eigenvalue weighted by atomic mass is 10.2. The van der Waals surface area contributed by atoms with Gasteiger partial charge in [-0.25, -0.2) is 8.42 Å². The normalized spacial score (nSPS) is 13.5. The van der Waals surface area contributed by atoms with Gasteiger partial charge >= 0.3 is 0 Å².